The van der Waals surface area contributed by atoms with Gasteiger partial charge in [0.05, 0.1) is 12.3 Å². The molecule has 1 aliphatic carbocycles. The number of hydrogen-bond donors (Lipinski definition) is 1. The number of carbonyl (C=O) groups excluding carboxylic acids is 2. The van der Waals surface area contributed by atoms with Crippen LogP contribution in [0.4, 0.5) is 10.1 Å². The number of rotatable bonds is 8. The van der Waals surface area contributed by atoms with Crippen LogP contribution in [0.5, 0.6) is 5.75 Å². The van der Waals surface area contributed by atoms with Gasteiger partial charge in [-0.1, -0.05) is 13.8 Å². The Morgan fingerprint density at radius 1 is 1.35 bits per heavy atom. The average molecular weight is 535 g/mol. The minimum absolute atomic E-state index is 0.0777. The van der Waals surface area contributed by atoms with Crippen molar-refractivity contribution in [2.75, 3.05) is 31.7 Å². The first-order valence-corrected chi connectivity index (χ1v) is 12.9. The van der Waals surface area contributed by atoms with E-state index in [1.54, 1.807) is 32.8 Å². The summed E-state index contributed by atoms with van der Waals surface area (Å²) in [5.41, 5.74) is -1.32. The van der Waals surface area contributed by atoms with Crippen molar-refractivity contribution in [3.63, 3.8) is 0 Å². The Balaban J connectivity index is 1.62. The van der Waals surface area contributed by atoms with E-state index in [-0.39, 0.29) is 17.0 Å². The van der Waals surface area contributed by atoms with Crippen LogP contribution in [0.1, 0.15) is 26.7 Å². The zero-order valence-corrected chi connectivity index (χ0v) is 21.6. The Bertz CT molecular complexity index is 1390. The number of benzene rings is 1. The molecule has 0 bridgehead atoms. The number of esters is 1. The van der Waals surface area contributed by atoms with Crippen molar-refractivity contribution in [2.45, 2.75) is 38.3 Å². The highest BCUT2D eigenvalue weighted by atomic mass is 32.2. The third kappa shape index (κ3) is 4.49. The van der Waals surface area contributed by atoms with E-state index in [0.29, 0.717) is 21.5 Å². The lowest BCUT2D eigenvalue weighted by Gasteiger charge is -2.27. The number of aromatic nitrogens is 2. The Kier molecular flexibility index (Phi) is 6.63. The summed E-state index contributed by atoms with van der Waals surface area (Å²) >= 11 is 0. The molecule has 1 atom stereocenters. The normalized spacial score (nSPS) is 18.8. The van der Waals surface area contributed by atoms with E-state index in [9.17, 15) is 28.4 Å². The summed E-state index contributed by atoms with van der Waals surface area (Å²) in [6, 6.07) is 3.85. The molecule has 1 aromatic heterocycles. The number of nitriles is 1. The van der Waals surface area contributed by atoms with Gasteiger partial charge < -0.3 is 9.84 Å². The smallest absolute Gasteiger partial charge is 0.332 e. The second-order valence-corrected chi connectivity index (χ2v) is 11.4. The lowest BCUT2D eigenvalue weighted by molar-refractivity contribution is -0.154. The Labute approximate surface area is 213 Å². The van der Waals surface area contributed by atoms with Crippen molar-refractivity contribution < 1.29 is 32.2 Å². The number of phenols is 1. The standard InChI is InChI=1S/C23H27FN6O6S/c1-14(2)20(27(3)4)22(33)36-13-29-18(32)11-28(37(29,34)35)21-17(31)6-5-16(19(21)24)15-9-26-30(10-15)23(12-25)7-8-23/h5-6,9-10,14,20,31H,7-8,11,13H2,1-4H3. The van der Waals surface area contributed by atoms with E-state index in [1.807, 2.05) is 0 Å². The number of likely N-dealkylation sites (N-methyl/N-ethyl adjacent to an activating group) is 1. The maximum absolute atomic E-state index is 15.7. The molecule has 1 saturated heterocycles. The largest absolute Gasteiger partial charge is 0.506 e. The van der Waals surface area contributed by atoms with E-state index in [4.69, 9.17) is 4.74 Å². The maximum Gasteiger partial charge on any atom is 0.332 e. The molecule has 2 aromatic rings. The van der Waals surface area contributed by atoms with Crippen LogP contribution in [0.15, 0.2) is 24.5 Å². The Morgan fingerprint density at radius 2 is 2.03 bits per heavy atom. The van der Waals surface area contributed by atoms with Gasteiger partial charge in [0.15, 0.2) is 12.5 Å². The number of nitrogens with zero attached hydrogens (tertiary/aromatic N) is 6. The molecule has 1 N–H and O–H groups in total. The number of phenolic OH excluding ortho intramolecular Hbond substituents is 1. The number of anilines is 1. The highest BCUT2D eigenvalue weighted by Gasteiger charge is 2.47. The highest BCUT2D eigenvalue weighted by molar-refractivity contribution is 7.91. The van der Waals surface area contributed by atoms with Gasteiger partial charge in [0.1, 0.15) is 29.6 Å². The predicted octanol–water partition coefficient (Wildman–Crippen LogP) is 1.39. The van der Waals surface area contributed by atoms with E-state index in [1.165, 1.54) is 23.1 Å². The lowest BCUT2D eigenvalue weighted by atomic mass is 10.0. The summed E-state index contributed by atoms with van der Waals surface area (Å²) in [5, 5.41) is 23.9. The molecular formula is C23H27FN6O6S. The Hall–Kier alpha value is -3.70. The van der Waals surface area contributed by atoms with Gasteiger partial charge in [0.25, 0.3) is 5.91 Å². The van der Waals surface area contributed by atoms with E-state index < -0.39 is 64.2 Å². The summed E-state index contributed by atoms with van der Waals surface area (Å²) < 4.78 is 49.4. The fraction of sp³-hybridized carbons (Fsp3) is 0.478. The van der Waals surface area contributed by atoms with Gasteiger partial charge in [0, 0.05) is 17.3 Å². The van der Waals surface area contributed by atoms with E-state index >= 15 is 4.39 Å². The second kappa shape index (κ2) is 9.31. The molecule has 0 spiro atoms. The molecule has 1 aliphatic heterocycles. The van der Waals surface area contributed by atoms with Gasteiger partial charge in [-0.25, -0.2) is 8.70 Å². The molecule has 2 aliphatic rings. The summed E-state index contributed by atoms with van der Waals surface area (Å²) in [6.07, 6.45) is 4.02. The van der Waals surface area contributed by atoms with Crippen molar-refractivity contribution >= 4 is 27.8 Å². The molecular weight excluding hydrogens is 507 g/mol. The monoisotopic (exact) mass is 534 g/mol. The molecule has 2 fully saturated rings. The zero-order valence-electron chi connectivity index (χ0n) is 20.8. The Morgan fingerprint density at radius 3 is 2.59 bits per heavy atom. The third-order valence-corrected chi connectivity index (χ3v) is 8.21. The van der Waals surface area contributed by atoms with Crippen LogP contribution in [0, 0.1) is 23.1 Å². The van der Waals surface area contributed by atoms with Gasteiger partial charge >= 0.3 is 16.2 Å². The molecule has 4 rings (SSSR count). The molecule has 37 heavy (non-hydrogen) atoms. The number of hydrogen-bond acceptors (Lipinski definition) is 9. The molecule has 1 amide bonds. The summed E-state index contributed by atoms with van der Waals surface area (Å²) in [7, 11) is -1.36. The van der Waals surface area contributed by atoms with Crippen molar-refractivity contribution in [1.29, 1.82) is 5.26 Å². The van der Waals surface area contributed by atoms with E-state index in [2.05, 4.69) is 11.2 Å². The molecule has 12 nitrogen and oxygen atoms in total. The number of amides is 1. The SMILES string of the molecule is CC(C)C(C(=O)OCN1C(=O)CN(c2c(O)ccc(-c3cnn(C4(C#N)CC4)c3)c2F)S1(=O)=O)N(C)C. The first-order chi connectivity index (χ1) is 17.3. The molecule has 14 heteroatoms. The van der Waals surface area contributed by atoms with Gasteiger partial charge in [-0.05, 0) is 45.0 Å². The van der Waals surface area contributed by atoms with Crippen LogP contribution >= 0.6 is 0 Å². The lowest BCUT2D eigenvalue weighted by Crippen LogP contribution is -2.44. The molecule has 0 radical (unpaired) electrons. The molecule has 198 valence electrons. The number of aromatic hydroxyl groups is 1. The van der Waals surface area contributed by atoms with Gasteiger partial charge in [-0.3, -0.25) is 19.2 Å². The summed E-state index contributed by atoms with van der Waals surface area (Å²) in [5.74, 6) is -3.62. The molecule has 1 saturated carbocycles. The first kappa shape index (κ1) is 26.4. The molecule has 1 aromatic carbocycles. The van der Waals surface area contributed by atoms with E-state index in [0.717, 1.165) is 6.07 Å². The van der Waals surface area contributed by atoms with Crippen LogP contribution < -0.4 is 4.31 Å². The van der Waals surface area contributed by atoms with Crippen LogP contribution in [0.25, 0.3) is 11.1 Å². The summed E-state index contributed by atoms with van der Waals surface area (Å²) in [6.45, 7) is 1.89. The fourth-order valence-corrected chi connectivity index (χ4v) is 5.79. The number of halogens is 1. The molecule has 1 unspecified atom stereocenters. The van der Waals surface area contributed by atoms with Crippen molar-refractivity contribution in [2.24, 2.45) is 5.92 Å². The zero-order chi connectivity index (χ0) is 27.3. The first-order valence-electron chi connectivity index (χ1n) is 11.5. The maximum atomic E-state index is 15.7. The number of ether oxygens (including phenoxy) is 1. The second-order valence-electron chi connectivity index (χ2n) is 9.61. The minimum Gasteiger partial charge on any atom is -0.506 e. The van der Waals surface area contributed by atoms with Crippen molar-refractivity contribution in [1.82, 2.24) is 19.0 Å². The van der Waals surface area contributed by atoms with Gasteiger partial charge in [-0.15, -0.1) is 0 Å². The predicted molar refractivity (Wildman–Crippen MR) is 128 cm³/mol. The van der Waals surface area contributed by atoms with Crippen LogP contribution in [0.3, 0.4) is 0 Å². The minimum atomic E-state index is -4.69. The van der Waals surface area contributed by atoms with Crippen molar-refractivity contribution in [3.05, 3.63) is 30.3 Å². The quantitative estimate of drug-likeness (QED) is 0.496. The van der Waals surface area contributed by atoms with Gasteiger partial charge in [0.2, 0.25) is 0 Å². The van der Waals surface area contributed by atoms with Crippen molar-refractivity contribution in [3.8, 4) is 22.9 Å². The molecule has 2 heterocycles. The average Bonchev–Trinajstić information content (AvgIpc) is 3.39. The third-order valence-electron chi connectivity index (χ3n) is 6.48. The number of carbonyl (C=O) groups is 2. The van der Waals surface area contributed by atoms with Crippen LogP contribution in [-0.4, -0.2) is 77.8 Å². The van der Waals surface area contributed by atoms with Crippen LogP contribution in [0.2, 0.25) is 0 Å². The van der Waals surface area contributed by atoms with Crippen LogP contribution in [-0.2, 0) is 30.1 Å². The topological polar surface area (TPSA) is 149 Å². The van der Waals surface area contributed by atoms with Gasteiger partial charge in [-0.2, -0.15) is 23.1 Å². The highest BCUT2D eigenvalue weighted by Crippen LogP contribution is 2.44. The fourth-order valence-electron chi connectivity index (χ4n) is 4.37. The summed E-state index contributed by atoms with van der Waals surface area (Å²) in [4.78, 5) is 26.7.